The Morgan fingerprint density at radius 1 is 1.29 bits per heavy atom. The number of aryl methyl sites for hydroxylation is 3. The van der Waals surface area contributed by atoms with Crippen molar-refractivity contribution in [3.8, 4) is 11.1 Å². The molecule has 3 rings (SSSR count). The maximum atomic E-state index is 12.8. The lowest BCUT2D eigenvalue weighted by Gasteiger charge is -2.12. The highest BCUT2D eigenvalue weighted by Gasteiger charge is 2.24. The summed E-state index contributed by atoms with van der Waals surface area (Å²) in [4.78, 5) is 13.8. The number of halogens is 1. The highest BCUT2D eigenvalue weighted by molar-refractivity contribution is 9.10. The lowest BCUT2D eigenvalue weighted by atomic mass is 10.0. The first kappa shape index (κ1) is 23.4. The van der Waals surface area contributed by atoms with E-state index in [-0.39, 0.29) is 5.97 Å². The zero-order valence-electron chi connectivity index (χ0n) is 17.7. The summed E-state index contributed by atoms with van der Waals surface area (Å²) in [5, 5.41) is 12.0. The van der Waals surface area contributed by atoms with Crippen molar-refractivity contribution in [1.29, 1.82) is 0 Å². The third-order valence-corrected chi connectivity index (χ3v) is 6.63. The van der Waals surface area contributed by atoms with Crippen molar-refractivity contribution in [3.05, 3.63) is 57.1 Å². The van der Waals surface area contributed by atoms with Gasteiger partial charge in [-0.1, -0.05) is 30.3 Å². The molecule has 0 amide bonds. The molecule has 1 aromatic carbocycles. The fraction of sp³-hybridized carbons (Fsp3) is 0.318. The van der Waals surface area contributed by atoms with Crippen molar-refractivity contribution in [2.45, 2.75) is 33.7 Å². The van der Waals surface area contributed by atoms with Gasteiger partial charge in [0.2, 0.25) is 0 Å². The van der Waals surface area contributed by atoms with Gasteiger partial charge in [-0.2, -0.15) is 5.10 Å². The molecule has 0 saturated carbocycles. The molecule has 164 valence electrons. The van der Waals surface area contributed by atoms with Gasteiger partial charge in [-0.25, -0.2) is 4.79 Å². The smallest absolute Gasteiger partial charge is 0.341 e. The van der Waals surface area contributed by atoms with Gasteiger partial charge in [0, 0.05) is 29.7 Å². The standard InChI is InChI=1S/C22H25BrN4O2S2/c1-4-29-21(28)19-18(16-9-6-5-7-10-16)15(3)31-20(19)25-22(30)24-11-8-12-27-13-17(23)14(2)26-27/h5-7,9-10,13H,4,8,11-12H2,1-3H3,(H2,24,25,30). The number of thiophene rings is 1. The van der Waals surface area contributed by atoms with E-state index in [0.717, 1.165) is 39.1 Å². The average molecular weight is 522 g/mol. The predicted octanol–water partition coefficient (Wildman–Crippen LogP) is 5.54. The topological polar surface area (TPSA) is 68.2 Å². The summed E-state index contributed by atoms with van der Waals surface area (Å²) >= 11 is 10.4. The van der Waals surface area contributed by atoms with Crippen LogP contribution in [0, 0.1) is 13.8 Å². The van der Waals surface area contributed by atoms with E-state index in [2.05, 4.69) is 31.7 Å². The molecule has 0 saturated heterocycles. The molecule has 0 unspecified atom stereocenters. The Morgan fingerprint density at radius 2 is 2.03 bits per heavy atom. The molecule has 2 N–H and O–H groups in total. The molecule has 0 radical (unpaired) electrons. The Morgan fingerprint density at radius 3 is 2.68 bits per heavy atom. The van der Waals surface area contributed by atoms with E-state index in [4.69, 9.17) is 17.0 Å². The number of benzene rings is 1. The number of ether oxygens (including phenoxy) is 1. The molecular weight excluding hydrogens is 496 g/mol. The van der Waals surface area contributed by atoms with E-state index >= 15 is 0 Å². The molecule has 9 heteroatoms. The van der Waals surface area contributed by atoms with E-state index in [1.165, 1.54) is 11.3 Å². The van der Waals surface area contributed by atoms with Crippen molar-refractivity contribution in [2.75, 3.05) is 18.5 Å². The zero-order chi connectivity index (χ0) is 22.4. The normalized spacial score (nSPS) is 10.7. The third-order valence-electron chi connectivity index (χ3n) is 4.59. The number of anilines is 1. The van der Waals surface area contributed by atoms with Crippen LogP contribution in [0.5, 0.6) is 0 Å². The number of aromatic nitrogens is 2. The molecule has 0 bridgehead atoms. The Kier molecular flexibility index (Phi) is 8.22. The molecule has 0 aliphatic carbocycles. The minimum absolute atomic E-state index is 0.313. The number of thiocarbonyl (C=S) groups is 1. The minimum atomic E-state index is -0.351. The van der Waals surface area contributed by atoms with Crippen LogP contribution in [0.2, 0.25) is 0 Å². The summed E-state index contributed by atoms with van der Waals surface area (Å²) in [6, 6.07) is 9.86. The molecule has 0 spiro atoms. The third kappa shape index (κ3) is 5.93. The first-order valence-electron chi connectivity index (χ1n) is 10.0. The monoisotopic (exact) mass is 520 g/mol. The summed E-state index contributed by atoms with van der Waals surface area (Å²) in [5.74, 6) is -0.351. The molecule has 31 heavy (non-hydrogen) atoms. The lowest BCUT2D eigenvalue weighted by Crippen LogP contribution is -2.30. The second kappa shape index (κ2) is 10.9. The van der Waals surface area contributed by atoms with Gasteiger partial charge in [-0.15, -0.1) is 11.3 Å². The van der Waals surface area contributed by atoms with Crippen LogP contribution < -0.4 is 10.6 Å². The van der Waals surface area contributed by atoms with Gasteiger partial charge in [0.15, 0.2) is 5.11 Å². The average Bonchev–Trinajstić information content (AvgIpc) is 3.24. The number of nitrogens with zero attached hydrogens (tertiary/aromatic N) is 2. The Hall–Kier alpha value is -2.23. The first-order chi connectivity index (χ1) is 14.9. The van der Waals surface area contributed by atoms with E-state index < -0.39 is 0 Å². The van der Waals surface area contributed by atoms with Crippen molar-refractivity contribution < 1.29 is 9.53 Å². The van der Waals surface area contributed by atoms with E-state index in [0.29, 0.717) is 28.8 Å². The highest BCUT2D eigenvalue weighted by atomic mass is 79.9. The molecule has 6 nitrogen and oxygen atoms in total. The number of esters is 1. The quantitative estimate of drug-likeness (QED) is 0.230. The van der Waals surface area contributed by atoms with Crippen LogP contribution in [-0.4, -0.2) is 34.0 Å². The second-order valence-corrected chi connectivity index (χ2v) is 9.37. The lowest BCUT2D eigenvalue weighted by molar-refractivity contribution is 0.0529. The minimum Gasteiger partial charge on any atom is -0.462 e. The van der Waals surface area contributed by atoms with Crippen LogP contribution in [-0.2, 0) is 11.3 Å². The van der Waals surface area contributed by atoms with Gasteiger partial charge in [-0.05, 0) is 60.9 Å². The summed E-state index contributed by atoms with van der Waals surface area (Å²) in [5.41, 5.74) is 3.36. The van der Waals surface area contributed by atoms with Gasteiger partial charge >= 0.3 is 5.97 Å². The van der Waals surface area contributed by atoms with E-state index in [1.807, 2.05) is 55.1 Å². The van der Waals surface area contributed by atoms with Crippen LogP contribution in [0.4, 0.5) is 5.00 Å². The van der Waals surface area contributed by atoms with Crippen molar-refractivity contribution in [3.63, 3.8) is 0 Å². The van der Waals surface area contributed by atoms with Gasteiger partial charge in [0.25, 0.3) is 0 Å². The Balaban J connectivity index is 1.68. The maximum absolute atomic E-state index is 12.8. The molecule has 3 aromatic rings. The summed E-state index contributed by atoms with van der Waals surface area (Å²) in [6.07, 6.45) is 2.83. The van der Waals surface area contributed by atoms with Gasteiger partial charge in [0.05, 0.1) is 16.8 Å². The summed E-state index contributed by atoms with van der Waals surface area (Å²) in [6.45, 7) is 7.55. The molecule has 0 aliphatic heterocycles. The van der Waals surface area contributed by atoms with Crippen LogP contribution in [0.1, 0.15) is 34.3 Å². The highest BCUT2D eigenvalue weighted by Crippen LogP contribution is 2.40. The number of carbonyl (C=O) groups is 1. The predicted molar refractivity (Wildman–Crippen MR) is 134 cm³/mol. The zero-order valence-corrected chi connectivity index (χ0v) is 20.9. The first-order valence-corrected chi connectivity index (χ1v) is 12.0. The number of rotatable bonds is 8. The van der Waals surface area contributed by atoms with Crippen molar-refractivity contribution in [1.82, 2.24) is 15.1 Å². The summed E-state index contributed by atoms with van der Waals surface area (Å²) in [7, 11) is 0. The van der Waals surface area contributed by atoms with Crippen LogP contribution in [0.3, 0.4) is 0 Å². The maximum Gasteiger partial charge on any atom is 0.341 e. The van der Waals surface area contributed by atoms with Crippen LogP contribution in [0.25, 0.3) is 11.1 Å². The van der Waals surface area contributed by atoms with Crippen LogP contribution in [0.15, 0.2) is 41.0 Å². The Bertz CT molecular complexity index is 1040. The molecule has 0 aliphatic rings. The van der Waals surface area contributed by atoms with Crippen LogP contribution >= 0.6 is 39.5 Å². The SMILES string of the molecule is CCOC(=O)c1c(NC(=S)NCCCn2cc(Br)c(C)n2)sc(C)c1-c1ccccc1. The van der Waals surface area contributed by atoms with Gasteiger partial charge in [-0.3, -0.25) is 4.68 Å². The second-order valence-electron chi connectivity index (χ2n) is 6.88. The molecular formula is C22H25BrN4O2S2. The largest absolute Gasteiger partial charge is 0.462 e. The summed E-state index contributed by atoms with van der Waals surface area (Å²) < 4.78 is 8.25. The van der Waals surface area contributed by atoms with Crippen molar-refractivity contribution in [2.24, 2.45) is 0 Å². The fourth-order valence-electron chi connectivity index (χ4n) is 3.18. The van der Waals surface area contributed by atoms with Crippen molar-refractivity contribution >= 4 is 55.6 Å². The van der Waals surface area contributed by atoms with E-state index in [1.54, 1.807) is 6.92 Å². The van der Waals surface area contributed by atoms with Gasteiger partial charge in [0.1, 0.15) is 10.6 Å². The number of carbonyl (C=O) groups excluding carboxylic acids is 1. The van der Waals surface area contributed by atoms with Gasteiger partial charge < -0.3 is 15.4 Å². The fourth-order valence-corrected chi connectivity index (χ4v) is 4.83. The number of hydrogen-bond donors (Lipinski definition) is 2. The molecule has 0 fully saturated rings. The Labute approximate surface area is 200 Å². The number of nitrogens with one attached hydrogen (secondary N) is 2. The molecule has 2 heterocycles. The molecule has 0 atom stereocenters. The molecule has 2 aromatic heterocycles. The van der Waals surface area contributed by atoms with E-state index in [9.17, 15) is 4.79 Å². The number of hydrogen-bond acceptors (Lipinski definition) is 5.